The second-order valence-electron chi connectivity index (χ2n) is 6.47. The molecule has 0 saturated carbocycles. The van der Waals surface area contributed by atoms with E-state index in [2.05, 4.69) is 10.2 Å². The number of hydrogen-bond acceptors (Lipinski definition) is 7. The number of hydrogen-bond donors (Lipinski definition) is 2. The van der Waals surface area contributed by atoms with Crippen LogP contribution in [0.1, 0.15) is 35.1 Å². The smallest absolute Gasteiger partial charge is 0.526 e. The summed E-state index contributed by atoms with van der Waals surface area (Å²) < 4.78 is 7.32. The molecule has 1 aromatic heterocycles. The van der Waals surface area contributed by atoms with Crippen molar-refractivity contribution >= 4 is 18.7 Å². The lowest BCUT2D eigenvalue weighted by atomic mass is 9.64. The molecule has 0 bridgehead atoms. The molecule has 0 aliphatic carbocycles. The van der Waals surface area contributed by atoms with Crippen LogP contribution in [0.2, 0.25) is 5.82 Å². The Balaban J connectivity index is 1.69. The minimum absolute atomic E-state index is 0.0601. The maximum absolute atomic E-state index is 12.4. The predicted molar refractivity (Wildman–Crippen MR) is 94.9 cm³/mol. The summed E-state index contributed by atoms with van der Waals surface area (Å²) in [6.07, 6.45) is 2.30. The minimum atomic E-state index is -1.13. The summed E-state index contributed by atoms with van der Waals surface area (Å²) in [5, 5.41) is 18.1. The molecule has 0 fully saturated rings. The average Bonchev–Trinajstić information content (AvgIpc) is 3.02. The molecule has 0 radical (unpaired) electrons. The molecule has 2 aromatic rings. The highest BCUT2D eigenvalue weighted by Crippen LogP contribution is 2.36. The van der Waals surface area contributed by atoms with Crippen LogP contribution in [0, 0.1) is 0 Å². The van der Waals surface area contributed by atoms with Crippen molar-refractivity contribution in [2.75, 3.05) is 6.54 Å². The van der Waals surface area contributed by atoms with E-state index in [1.54, 1.807) is 23.0 Å². The number of carbonyl (C=O) groups is 2. The van der Waals surface area contributed by atoms with Crippen LogP contribution in [0.3, 0.4) is 0 Å². The van der Waals surface area contributed by atoms with Crippen LogP contribution in [-0.4, -0.2) is 45.0 Å². The van der Waals surface area contributed by atoms with Crippen LogP contribution < -0.4 is 10.4 Å². The quantitative estimate of drug-likeness (QED) is 0.545. The molecule has 9 heteroatoms. The molecule has 1 aromatic carbocycles. The van der Waals surface area contributed by atoms with Crippen molar-refractivity contribution < 1.29 is 19.3 Å². The molecule has 0 amide bonds. The molecule has 3 N–H and O–H groups in total. The number of para-hydroxylation sites is 1. The van der Waals surface area contributed by atoms with Crippen LogP contribution in [-0.2, 0) is 24.2 Å². The van der Waals surface area contributed by atoms with E-state index in [4.69, 9.17) is 10.4 Å². The third-order valence-electron chi connectivity index (χ3n) is 4.51. The topological polar surface area (TPSA) is 120 Å². The highest BCUT2D eigenvalue weighted by molar-refractivity contribution is 6.47. The maximum Gasteiger partial charge on any atom is 0.526 e. The van der Waals surface area contributed by atoms with Gasteiger partial charge in [0.15, 0.2) is 5.78 Å². The monoisotopic (exact) mass is 356 g/mol. The molecular weight excluding hydrogens is 335 g/mol. The second kappa shape index (κ2) is 7.80. The Hall–Kier alpha value is -2.52. The van der Waals surface area contributed by atoms with E-state index in [1.165, 1.54) is 6.92 Å². The van der Waals surface area contributed by atoms with Gasteiger partial charge < -0.3 is 20.0 Å². The van der Waals surface area contributed by atoms with E-state index < -0.39 is 7.12 Å². The van der Waals surface area contributed by atoms with Crippen LogP contribution in [0.4, 0.5) is 0 Å². The summed E-state index contributed by atoms with van der Waals surface area (Å²) >= 11 is 0. The number of nitrogens with zero attached hydrogens (tertiary/aromatic N) is 3. The van der Waals surface area contributed by atoms with Crippen LogP contribution in [0.5, 0.6) is 5.75 Å². The number of rotatable bonds is 7. The van der Waals surface area contributed by atoms with Crippen LogP contribution >= 0.6 is 0 Å². The van der Waals surface area contributed by atoms with E-state index in [0.29, 0.717) is 36.6 Å². The fraction of sp³-hybridized carbons (Fsp3) is 0.412. The summed E-state index contributed by atoms with van der Waals surface area (Å²) in [5.74, 6) is 0.422. The summed E-state index contributed by atoms with van der Waals surface area (Å²) in [5.41, 5.74) is 6.80. The van der Waals surface area contributed by atoms with Gasteiger partial charge in [-0.15, -0.1) is 10.2 Å². The van der Waals surface area contributed by atoms with E-state index in [0.717, 1.165) is 5.56 Å². The zero-order valence-corrected chi connectivity index (χ0v) is 14.6. The van der Waals surface area contributed by atoms with Crippen LogP contribution in [0.25, 0.3) is 0 Å². The standard InChI is InChI=1S/C17H21BN4O4/c1-11(23)15-4-2-3-12-7-13(18(25)26-17(12)15)8-14(24)9-16-21-20-10-22(16)6-5-19/h2-4,10,13,25H,5-9,19H2,1H3/t13-/m1/s1. The van der Waals surface area contributed by atoms with E-state index in [-0.39, 0.29) is 30.2 Å². The molecule has 0 saturated heterocycles. The van der Waals surface area contributed by atoms with Crippen molar-refractivity contribution in [3.8, 4) is 5.75 Å². The normalized spacial score (nSPS) is 16.1. The number of carbonyl (C=O) groups excluding carboxylic acids is 2. The van der Waals surface area contributed by atoms with Gasteiger partial charge in [-0.1, -0.05) is 12.1 Å². The SMILES string of the molecule is CC(=O)c1cccc2c1OB(O)[C@@H](CC(=O)Cc1nncn1CCN)C2. The van der Waals surface area contributed by atoms with E-state index in [9.17, 15) is 14.6 Å². The van der Waals surface area contributed by atoms with E-state index >= 15 is 0 Å². The van der Waals surface area contributed by atoms with Gasteiger partial charge in [-0.2, -0.15) is 0 Å². The van der Waals surface area contributed by atoms with Gasteiger partial charge in [0, 0.05) is 25.3 Å². The van der Waals surface area contributed by atoms with Gasteiger partial charge in [0.1, 0.15) is 23.7 Å². The van der Waals surface area contributed by atoms with Crippen molar-refractivity contribution in [1.82, 2.24) is 14.8 Å². The molecule has 0 spiro atoms. The molecule has 3 rings (SSSR count). The predicted octanol–water partition coefficient (Wildman–Crippen LogP) is 0.427. The molecule has 1 aliphatic heterocycles. The summed E-state index contributed by atoms with van der Waals surface area (Å²) in [4.78, 5) is 24.1. The number of fused-ring (bicyclic) bond motifs is 1. The summed E-state index contributed by atoms with van der Waals surface area (Å²) in [7, 11) is -1.13. The average molecular weight is 356 g/mol. The minimum Gasteiger partial charge on any atom is -0.535 e. The van der Waals surface area contributed by atoms with Gasteiger partial charge in [0.2, 0.25) is 0 Å². The lowest BCUT2D eigenvalue weighted by Gasteiger charge is -2.28. The number of nitrogens with two attached hydrogens (primary N) is 1. The third-order valence-corrected chi connectivity index (χ3v) is 4.51. The fourth-order valence-corrected chi connectivity index (χ4v) is 3.22. The largest absolute Gasteiger partial charge is 0.535 e. The highest BCUT2D eigenvalue weighted by atomic mass is 16.5. The molecule has 136 valence electrons. The zero-order chi connectivity index (χ0) is 18.7. The Kier molecular flexibility index (Phi) is 5.48. The number of aromatic nitrogens is 3. The maximum atomic E-state index is 12.4. The molecule has 1 atom stereocenters. The first-order chi connectivity index (χ1) is 12.5. The van der Waals surface area contributed by atoms with Crippen molar-refractivity contribution in [1.29, 1.82) is 0 Å². The number of Topliss-reactive ketones (excluding diaryl/α,β-unsaturated/α-hetero) is 2. The number of ketones is 2. The lowest BCUT2D eigenvalue weighted by molar-refractivity contribution is -0.118. The Labute approximate surface area is 151 Å². The van der Waals surface area contributed by atoms with Gasteiger partial charge in [-0.05, 0) is 25.0 Å². The first-order valence-electron chi connectivity index (χ1n) is 8.55. The van der Waals surface area contributed by atoms with Gasteiger partial charge >= 0.3 is 7.12 Å². The van der Waals surface area contributed by atoms with Crippen molar-refractivity contribution in [3.63, 3.8) is 0 Å². The molecule has 8 nitrogen and oxygen atoms in total. The highest BCUT2D eigenvalue weighted by Gasteiger charge is 2.37. The first kappa shape index (κ1) is 18.3. The van der Waals surface area contributed by atoms with Gasteiger partial charge in [-0.3, -0.25) is 9.59 Å². The van der Waals surface area contributed by atoms with Crippen molar-refractivity contribution in [3.05, 3.63) is 41.5 Å². The molecule has 2 heterocycles. The molecule has 26 heavy (non-hydrogen) atoms. The third kappa shape index (κ3) is 3.84. The molecule has 1 aliphatic rings. The summed E-state index contributed by atoms with van der Waals surface area (Å²) in [6.45, 7) is 2.44. The van der Waals surface area contributed by atoms with Gasteiger partial charge in [-0.25, -0.2) is 0 Å². The van der Waals surface area contributed by atoms with E-state index in [1.807, 2.05) is 6.07 Å². The Morgan fingerprint density at radius 2 is 2.27 bits per heavy atom. The Bertz CT molecular complexity index is 823. The van der Waals surface area contributed by atoms with Gasteiger partial charge in [0.25, 0.3) is 0 Å². The molecular formula is C17H21BN4O4. The van der Waals surface area contributed by atoms with Crippen LogP contribution in [0.15, 0.2) is 24.5 Å². The second-order valence-corrected chi connectivity index (χ2v) is 6.47. The Morgan fingerprint density at radius 3 is 3.00 bits per heavy atom. The summed E-state index contributed by atoms with van der Waals surface area (Å²) in [6, 6.07) is 5.30. The fourth-order valence-electron chi connectivity index (χ4n) is 3.22. The lowest BCUT2D eigenvalue weighted by Crippen LogP contribution is -2.36. The molecule has 0 unspecified atom stereocenters. The number of benzene rings is 1. The van der Waals surface area contributed by atoms with Crippen molar-refractivity contribution in [2.24, 2.45) is 5.73 Å². The first-order valence-corrected chi connectivity index (χ1v) is 8.55. The van der Waals surface area contributed by atoms with Crippen molar-refractivity contribution in [2.45, 2.75) is 38.5 Å². The Morgan fingerprint density at radius 1 is 1.46 bits per heavy atom. The zero-order valence-electron chi connectivity index (χ0n) is 14.6. The van der Waals surface area contributed by atoms with Gasteiger partial charge in [0.05, 0.1) is 12.0 Å².